The van der Waals surface area contributed by atoms with Crippen LogP contribution in [-0.4, -0.2) is 13.0 Å². The van der Waals surface area contributed by atoms with Gasteiger partial charge in [0.15, 0.2) is 0 Å². The molecule has 2 rings (SSSR count). The van der Waals surface area contributed by atoms with Crippen molar-refractivity contribution in [3.63, 3.8) is 0 Å². The average molecular weight is 336 g/mol. The molecule has 0 aliphatic heterocycles. The molecule has 0 N–H and O–H groups in total. The van der Waals surface area contributed by atoms with Crippen molar-refractivity contribution in [3.8, 4) is 0 Å². The Hall–Kier alpha value is -1.68. The minimum atomic E-state index is -0.527. The number of aryl methyl sites for hydroxylation is 2. The Morgan fingerprint density at radius 3 is 2.30 bits per heavy atom. The number of hydrogen-bond donors (Lipinski definition) is 0. The Labute approximate surface area is 126 Å². The van der Waals surface area contributed by atoms with E-state index in [4.69, 9.17) is 0 Å². The topological polar surface area (TPSA) is 20.3 Å². The number of anilines is 1. The monoisotopic (exact) mass is 335 g/mol. The molecule has 0 saturated heterocycles. The summed E-state index contributed by atoms with van der Waals surface area (Å²) in [6, 6.07) is 10.3. The number of halogens is 2. The molecule has 0 atom stereocenters. The molecule has 104 valence electrons. The first-order valence-corrected chi connectivity index (χ1v) is 7.00. The van der Waals surface area contributed by atoms with Crippen LogP contribution in [0.4, 0.5) is 10.1 Å². The molecule has 0 heterocycles. The molecule has 1 amide bonds. The highest BCUT2D eigenvalue weighted by Gasteiger charge is 2.20. The number of carbonyl (C=O) groups is 1. The second kappa shape index (κ2) is 5.75. The van der Waals surface area contributed by atoms with Crippen LogP contribution in [0.25, 0.3) is 0 Å². The molecule has 0 aliphatic carbocycles. The van der Waals surface area contributed by atoms with Crippen molar-refractivity contribution in [1.82, 2.24) is 0 Å². The molecule has 2 nitrogen and oxygen atoms in total. The van der Waals surface area contributed by atoms with Crippen molar-refractivity contribution in [3.05, 3.63) is 63.4 Å². The maximum absolute atomic E-state index is 13.9. The maximum Gasteiger partial charge on any atom is 0.262 e. The Bertz CT molecular complexity index is 629. The van der Waals surface area contributed by atoms with Gasteiger partial charge < -0.3 is 4.90 Å². The van der Waals surface area contributed by atoms with E-state index in [2.05, 4.69) is 15.9 Å². The lowest BCUT2D eigenvalue weighted by Crippen LogP contribution is -2.27. The van der Waals surface area contributed by atoms with Crippen LogP contribution in [0.1, 0.15) is 21.5 Å². The molecule has 0 saturated carbocycles. The molecule has 20 heavy (non-hydrogen) atoms. The second-order valence-corrected chi connectivity index (χ2v) is 5.66. The summed E-state index contributed by atoms with van der Waals surface area (Å²) in [5.74, 6) is -0.902. The van der Waals surface area contributed by atoms with E-state index in [-0.39, 0.29) is 11.5 Å². The molecule has 0 unspecified atom stereocenters. The van der Waals surface area contributed by atoms with E-state index in [1.807, 2.05) is 32.0 Å². The average Bonchev–Trinajstić information content (AvgIpc) is 2.36. The van der Waals surface area contributed by atoms with Crippen molar-refractivity contribution >= 4 is 27.5 Å². The van der Waals surface area contributed by atoms with Crippen LogP contribution >= 0.6 is 15.9 Å². The first-order valence-electron chi connectivity index (χ1n) is 6.20. The summed E-state index contributed by atoms with van der Waals surface area (Å²) < 4.78 is 14.3. The zero-order chi connectivity index (χ0) is 14.9. The third-order valence-electron chi connectivity index (χ3n) is 3.08. The smallest absolute Gasteiger partial charge is 0.262 e. The summed E-state index contributed by atoms with van der Waals surface area (Å²) in [6.07, 6.45) is 0. The molecule has 0 bridgehead atoms. The molecule has 4 heteroatoms. The quantitative estimate of drug-likeness (QED) is 0.792. The number of carbonyl (C=O) groups excluding carboxylic acids is 1. The van der Waals surface area contributed by atoms with Crippen LogP contribution < -0.4 is 4.90 Å². The second-order valence-electron chi connectivity index (χ2n) is 4.81. The molecule has 0 spiro atoms. The Morgan fingerprint density at radius 1 is 1.15 bits per heavy atom. The standard InChI is InChI=1S/C16H15BrFNO/c1-10-7-11(2)9-12(8-10)19(3)16(20)15-13(17)5-4-6-14(15)18/h4-9H,1-3H3. The minimum Gasteiger partial charge on any atom is -0.311 e. The predicted octanol–water partition coefficient (Wildman–Crippen LogP) is 4.48. The molecular formula is C16H15BrFNO. The Morgan fingerprint density at radius 2 is 1.75 bits per heavy atom. The lowest BCUT2D eigenvalue weighted by Gasteiger charge is -2.19. The first-order chi connectivity index (χ1) is 9.40. The van der Waals surface area contributed by atoms with Crippen LogP contribution in [-0.2, 0) is 0 Å². The van der Waals surface area contributed by atoms with Crippen LogP contribution in [0.15, 0.2) is 40.9 Å². The summed E-state index contributed by atoms with van der Waals surface area (Å²) in [6.45, 7) is 3.93. The van der Waals surface area contributed by atoms with Crippen molar-refractivity contribution in [1.29, 1.82) is 0 Å². The van der Waals surface area contributed by atoms with E-state index in [1.165, 1.54) is 11.0 Å². The summed E-state index contributed by atoms with van der Waals surface area (Å²) in [5.41, 5.74) is 2.93. The minimum absolute atomic E-state index is 0.0501. The van der Waals surface area contributed by atoms with E-state index in [1.54, 1.807) is 19.2 Å². The maximum atomic E-state index is 13.9. The number of amides is 1. The number of rotatable bonds is 2. The van der Waals surface area contributed by atoms with E-state index >= 15 is 0 Å². The summed E-state index contributed by atoms with van der Waals surface area (Å²) in [7, 11) is 1.65. The molecule has 2 aromatic carbocycles. The third-order valence-corrected chi connectivity index (χ3v) is 3.74. The van der Waals surface area contributed by atoms with Gasteiger partial charge in [-0.25, -0.2) is 4.39 Å². The van der Waals surface area contributed by atoms with Gasteiger partial charge in [0.1, 0.15) is 5.82 Å². The van der Waals surface area contributed by atoms with Gasteiger partial charge in [0.25, 0.3) is 5.91 Å². The fraction of sp³-hybridized carbons (Fsp3) is 0.188. The van der Waals surface area contributed by atoms with Gasteiger partial charge in [-0.2, -0.15) is 0 Å². The molecule has 0 fully saturated rings. The molecule has 0 aliphatic rings. The predicted molar refractivity (Wildman–Crippen MR) is 82.7 cm³/mol. The van der Waals surface area contributed by atoms with Gasteiger partial charge >= 0.3 is 0 Å². The van der Waals surface area contributed by atoms with Crippen molar-refractivity contribution in [2.45, 2.75) is 13.8 Å². The van der Waals surface area contributed by atoms with Crippen molar-refractivity contribution in [2.24, 2.45) is 0 Å². The van der Waals surface area contributed by atoms with Gasteiger partial charge in [-0.1, -0.05) is 12.1 Å². The van der Waals surface area contributed by atoms with Crippen LogP contribution in [0.5, 0.6) is 0 Å². The highest BCUT2D eigenvalue weighted by Crippen LogP contribution is 2.24. The lowest BCUT2D eigenvalue weighted by atomic mass is 10.1. The summed E-state index contributed by atoms with van der Waals surface area (Å²) in [4.78, 5) is 13.9. The van der Waals surface area contributed by atoms with Gasteiger partial charge in [-0.3, -0.25) is 4.79 Å². The van der Waals surface area contributed by atoms with Gasteiger partial charge in [0.05, 0.1) is 5.56 Å². The van der Waals surface area contributed by atoms with E-state index in [0.29, 0.717) is 4.47 Å². The van der Waals surface area contributed by atoms with E-state index in [9.17, 15) is 9.18 Å². The van der Waals surface area contributed by atoms with Crippen molar-refractivity contribution < 1.29 is 9.18 Å². The zero-order valence-corrected chi connectivity index (χ0v) is 13.2. The summed E-state index contributed by atoms with van der Waals surface area (Å²) >= 11 is 3.23. The SMILES string of the molecule is Cc1cc(C)cc(N(C)C(=O)c2c(F)cccc2Br)c1. The Kier molecular flexibility index (Phi) is 4.23. The van der Waals surface area contributed by atoms with Gasteiger partial charge in [0.2, 0.25) is 0 Å². The van der Waals surface area contributed by atoms with Crippen molar-refractivity contribution in [2.75, 3.05) is 11.9 Å². The van der Waals surface area contributed by atoms with E-state index in [0.717, 1.165) is 16.8 Å². The number of benzene rings is 2. The van der Waals surface area contributed by atoms with Gasteiger partial charge in [-0.05, 0) is 65.2 Å². The highest BCUT2D eigenvalue weighted by molar-refractivity contribution is 9.10. The van der Waals surface area contributed by atoms with Gasteiger partial charge in [0, 0.05) is 17.2 Å². The fourth-order valence-corrected chi connectivity index (χ4v) is 2.64. The number of hydrogen-bond acceptors (Lipinski definition) is 1. The molecule has 2 aromatic rings. The lowest BCUT2D eigenvalue weighted by molar-refractivity contribution is 0.0988. The molecular weight excluding hydrogens is 321 g/mol. The van der Waals surface area contributed by atoms with Gasteiger partial charge in [-0.15, -0.1) is 0 Å². The van der Waals surface area contributed by atoms with E-state index < -0.39 is 5.82 Å². The van der Waals surface area contributed by atoms with Crippen LogP contribution in [0.3, 0.4) is 0 Å². The number of nitrogens with zero attached hydrogens (tertiary/aromatic N) is 1. The molecule has 0 aromatic heterocycles. The van der Waals surface area contributed by atoms with Crippen LogP contribution in [0, 0.1) is 19.7 Å². The highest BCUT2D eigenvalue weighted by atomic mass is 79.9. The first kappa shape index (κ1) is 14.7. The summed E-state index contributed by atoms with van der Waals surface area (Å²) in [5, 5.41) is 0. The van der Waals surface area contributed by atoms with Crippen LogP contribution in [0.2, 0.25) is 0 Å². The zero-order valence-electron chi connectivity index (χ0n) is 11.6. The fourth-order valence-electron chi connectivity index (χ4n) is 2.13. The Balaban J connectivity index is 2.42. The molecule has 0 radical (unpaired) electrons. The normalized spacial score (nSPS) is 10.4. The third kappa shape index (κ3) is 2.90. The largest absolute Gasteiger partial charge is 0.311 e.